The molecule has 0 fully saturated rings. The zero-order valence-electron chi connectivity index (χ0n) is 11.9. The van der Waals surface area contributed by atoms with Crippen LogP contribution in [-0.2, 0) is 4.79 Å². The molecule has 0 saturated heterocycles. The maximum Gasteiger partial charge on any atom is 0.262 e. The van der Waals surface area contributed by atoms with Gasteiger partial charge in [-0.05, 0) is 42.5 Å². The Morgan fingerprint density at radius 2 is 2.09 bits per heavy atom. The molecule has 3 aromatic rings. The van der Waals surface area contributed by atoms with Gasteiger partial charge in [-0.25, -0.2) is 0 Å². The summed E-state index contributed by atoms with van der Waals surface area (Å²) in [5, 5.41) is 4.16. The van der Waals surface area contributed by atoms with Gasteiger partial charge in [-0.15, -0.1) is 0 Å². The molecule has 4 nitrogen and oxygen atoms in total. The number of hydrogen-bond acceptors (Lipinski definition) is 3. The highest BCUT2D eigenvalue weighted by atomic mass is 79.9. The molecule has 116 valence electrons. The molecule has 0 bridgehead atoms. The van der Waals surface area contributed by atoms with Gasteiger partial charge in [0.05, 0.1) is 5.02 Å². The van der Waals surface area contributed by atoms with Crippen molar-refractivity contribution in [3.05, 3.63) is 64.2 Å². The van der Waals surface area contributed by atoms with Gasteiger partial charge in [0.15, 0.2) is 6.61 Å². The van der Waals surface area contributed by atoms with E-state index in [2.05, 4.69) is 26.2 Å². The van der Waals surface area contributed by atoms with Gasteiger partial charge in [0.2, 0.25) is 0 Å². The van der Waals surface area contributed by atoms with Gasteiger partial charge in [0.25, 0.3) is 5.91 Å². The summed E-state index contributed by atoms with van der Waals surface area (Å²) >= 11 is 9.49. The molecule has 0 aliphatic heterocycles. The van der Waals surface area contributed by atoms with Crippen LogP contribution < -0.4 is 10.1 Å². The third-order valence-electron chi connectivity index (χ3n) is 3.15. The average molecular weight is 392 g/mol. The number of benzene rings is 2. The fourth-order valence-corrected chi connectivity index (χ4v) is 2.75. The Labute approximate surface area is 146 Å². The number of pyridine rings is 1. The summed E-state index contributed by atoms with van der Waals surface area (Å²) in [7, 11) is 0. The van der Waals surface area contributed by atoms with Crippen molar-refractivity contribution in [3.63, 3.8) is 0 Å². The topological polar surface area (TPSA) is 51.2 Å². The summed E-state index contributed by atoms with van der Waals surface area (Å²) in [5.74, 6) is 0.275. The Hall–Kier alpha value is -2.11. The van der Waals surface area contributed by atoms with Crippen LogP contribution in [0, 0.1) is 0 Å². The number of rotatable bonds is 4. The number of carbonyl (C=O) groups excluding carboxylic acids is 1. The second-order valence-corrected chi connectivity index (χ2v) is 6.12. The Kier molecular flexibility index (Phi) is 4.79. The van der Waals surface area contributed by atoms with Crippen molar-refractivity contribution < 1.29 is 9.53 Å². The van der Waals surface area contributed by atoms with Crippen LogP contribution >= 0.6 is 27.5 Å². The molecule has 23 heavy (non-hydrogen) atoms. The van der Waals surface area contributed by atoms with E-state index in [0.29, 0.717) is 22.0 Å². The second kappa shape index (κ2) is 6.98. The van der Waals surface area contributed by atoms with Gasteiger partial charge in [-0.3, -0.25) is 9.78 Å². The molecular weight excluding hydrogens is 380 g/mol. The standard InChI is InChI=1S/C17H12BrClN2O2/c18-11-3-1-4-12(9-11)21-16(22)10-23-15-7-6-14(19)13-5-2-8-20-17(13)15/h1-9H,10H2,(H,21,22). The van der Waals surface area contributed by atoms with Crippen molar-refractivity contribution in [2.45, 2.75) is 0 Å². The van der Waals surface area contributed by atoms with Gasteiger partial charge in [0, 0.05) is 21.7 Å². The number of carbonyl (C=O) groups is 1. The minimum Gasteiger partial charge on any atom is -0.481 e. The molecule has 0 atom stereocenters. The molecule has 1 amide bonds. The molecule has 0 aliphatic carbocycles. The van der Waals surface area contributed by atoms with Crippen LogP contribution in [0.1, 0.15) is 0 Å². The average Bonchev–Trinajstić information content (AvgIpc) is 2.54. The number of aromatic nitrogens is 1. The third kappa shape index (κ3) is 3.81. The first-order chi connectivity index (χ1) is 11.1. The minimum absolute atomic E-state index is 0.111. The Bertz CT molecular complexity index is 870. The normalized spacial score (nSPS) is 10.5. The summed E-state index contributed by atoms with van der Waals surface area (Å²) < 4.78 is 6.49. The number of fused-ring (bicyclic) bond motifs is 1. The maximum absolute atomic E-state index is 12.0. The Balaban J connectivity index is 1.71. The molecule has 2 aromatic carbocycles. The van der Waals surface area contributed by atoms with E-state index < -0.39 is 0 Å². The van der Waals surface area contributed by atoms with E-state index in [0.717, 1.165) is 9.86 Å². The van der Waals surface area contributed by atoms with Gasteiger partial charge in [0.1, 0.15) is 11.3 Å². The van der Waals surface area contributed by atoms with E-state index in [-0.39, 0.29) is 12.5 Å². The number of hydrogen-bond donors (Lipinski definition) is 1. The molecule has 3 rings (SSSR count). The van der Waals surface area contributed by atoms with E-state index in [9.17, 15) is 4.79 Å². The number of anilines is 1. The van der Waals surface area contributed by atoms with Crippen molar-refractivity contribution in [1.82, 2.24) is 4.98 Å². The first-order valence-electron chi connectivity index (χ1n) is 6.85. The predicted octanol–water partition coefficient (Wildman–Crippen LogP) is 4.67. The van der Waals surface area contributed by atoms with E-state index in [4.69, 9.17) is 16.3 Å². The molecular formula is C17H12BrClN2O2. The summed E-state index contributed by atoms with van der Waals surface area (Å²) in [6.07, 6.45) is 1.66. The SMILES string of the molecule is O=C(COc1ccc(Cl)c2cccnc12)Nc1cccc(Br)c1. The smallest absolute Gasteiger partial charge is 0.262 e. The van der Waals surface area contributed by atoms with Crippen molar-refractivity contribution in [3.8, 4) is 5.75 Å². The zero-order chi connectivity index (χ0) is 16.2. The van der Waals surface area contributed by atoms with Crippen LogP contribution in [0.15, 0.2) is 59.2 Å². The molecule has 6 heteroatoms. The fraction of sp³-hybridized carbons (Fsp3) is 0.0588. The first kappa shape index (κ1) is 15.8. The van der Waals surface area contributed by atoms with Crippen LogP contribution in [0.5, 0.6) is 5.75 Å². The molecule has 0 radical (unpaired) electrons. The number of ether oxygens (including phenoxy) is 1. The van der Waals surface area contributed by atoms with Crippen LogP contribution in [0.3, 0.4) is 0 Å². The Morgan fingerprint density at radius 1 is 1.22 bits per heavy atom. The molecule has 1 aromatic heterocycles. The first-order valence-corrected chi connectivity index (χ1v) is 8.02. The van der Waals surface area contributed by atoms with Crippen LogP contribution in [0.2, 0.25) is 5.02 Å². The van der Waals surface area contributed by atoms with Gasteiger partial charge >= 0.3 is 0 Å². The van der Waals surface area contributed by atoms with Crippen LogP contribution in [-0.4, -0.2) is 17.5 Å². The molecule has 0 aliphatic rings. The highest BCUT2D eigenvalue weighted by Crippen LogP contribution is 2.29. The Morgan fingerprint density at radius 3 is 2.91 bits per heavy atom. The lowest BCUT2D eigenvalue weighted by Gasteiger charge is -2.10. The lowest BCUT2D eigenvalue weighted by molar-refractivity contribution is -0.118. The molecule has 1 heterocycles. The number of halogens is 2. The third-order valence-corrected chi connectivity index (χ3v) is 3.97. The van der Waals surface area contributed by atoms with Gasteiger partial charge in [-0.1, -0.05) is 33.6 Å². The minimum atomic E-state index is -0.248. The van der Waals surface area contributed by atoms with Gasteiger partial charge < -0.3 is 10.1 Å². The van der Waals surface area contributed by atoms with Gasteiger partial charge in [-0.2, -0.15) is 0 Å². The summed E-state index contributed by atoms with van der Waals surface area (Å²) in [6, 6.07) is 14.5. The highest BCUT2D eigenvalue weighted by molar-refractivity contribution is 9.10. The van der Waals surface area contributed by atoms with Crippen LogP contribution in [0.25, 0.3) is 10.9 Å². The molecule has 0 unspecified atom stereocenters. The van der Waals surface area contributed by atoms with E-state index in [1.165, 1.54) is 0 Å². The molecule has 0 saturated carbocycles. The number of nitrogens with one attached hydrogen (secondary N) is 1. The second-order valence-electron chi connectivity index (χ2n) is 4.79. The maximum atomic E-state index is 12.0. The fourth-order valence-electron chi connectivity index (χ4n) is 2.14. The van der Waals surface area contributed by atoms with Crippen molar-refractivity contribution in [2.24, 2.45) is 0 Å². The zero-order valence-corrected chi connectivity index (χ0v) is 14.3. The van der Waals surface area contributed by atoms with Crippen molar-refractivity contribution in [1.29, 1.82) is 0 Å². The monoisotopic (exact) mass is 390 g/mol. The lowest BCUT2D eigenvalue weighted by atomic mass is 10.2. The lowest BCUT2D eigenvalue weighted by Crippen LogP contribution is -2.20. The predicted molar refractivity (Wildman–Crippen MR) is 95.0 cm³/mol. The van der Waals surface area contributed by atoms with Crippen molar-refractivity contribution >= 4 is 50.0 Å². The largest absolute Gasteiger partial charge is 0.481 e. The summed E-state index contributed by atoms with van der Waals surface area (Å²) in [4.78, 5) is 16.3. The van der Waals surface area contributed by atoms with Crippen molar-refractivity contribution in [2.75, 3.05) is 11.9 Å². The summed E-state index contributed by atoms with van der Waals surface area (Å²) in [6.45, 7) is -0.111. The molecule has 1 N–H and O–H groups in total. The number of amides is 1. The number of nitrogens with zero attached hydrogens (tertiary/aromatic N) is 1. The molecule has 0 spiro atoms. The van der Waals surface area contributed by atoms with E-state index >= 15 is 0 Å². The highest BCUT2D eigenvalue weighted by Gasteiger charge is 2.09. The van der Waals surface area contributed by atoms with E-state index in [1.807, 2.05) is 30.3 Å². The quantitative estimate of drug-likeness (QED) is 0.703. The van der Waals surface area contributed by atoms with E-state index in [1.54, 1.807) is 24.4 Å². The van der Waals surface area contributed by atoms with Crippen LogP contribution in [0.4, 0.5) is 5.69 Å². The summed E-state index contributed by atoms with van der Waals surface area (Å²) in [5.41, 5.74) is 1.34.